The van der Waals surface area contributed by atoms with Crippen molar-refractivity contribution in [1.29, 1.82) is 0 Å². The van der Waals surface area contributed by atoms with Gasteiger partial charge in [-0.1, -0.05) is 18.2 Å². The van der Waals surface area contributed by atoms with E-state index in [0.717, 1.165) is 24.2 Å². The van der Waals surface area contributed by atoms with Gasteiger partial charge in [-0.3, -0.25) is 11.3 Å². The molecule has 3 aliphatic carbocycles. The van der Waals surface area contributed by atoms with Crippen LogP contribution in [0.4, 0.5) is 0 Å². The van der Waals surface area contributed by atoms with Gasteiger partial charge in [-0.25, -0.2) is 0 Å². The van der Waals surface area contributed by atoms with Gasteiger partial charge in [0, 0.05) is 6.04 Å². The fraction of sp³-hybridized carbons (Fsp3) is 0.647. The van der Waals surface area contributed by atoms with Crippen molar-refractivity contribution >= 4 is 0 Å². The van der Waals surface area contributed by atoms with Crippen LogP contribution in [-0.4, -0.2) is 6.04 Å². The highest BCUT2D eigenvalue weighted by Crippen LogP contribution is 2.55. The highest BCUT2D eigenvalue weighted by Gasteiger charge is 2.47. The Bertz CT molecular complexity index is 472. The lowest BCUT2D eigenvalue weighted by atomic mass is 9.89. The fourth-order valence-electron chi connectivity index (χ4n) is 4.46. The first-order valence-corrected chi connectivity index (χ1v) is 7.90. The summed E-state index contributed by atoms with van der Waals surface area (Å²) in [5.41, 5.74) is 7.74. The lowest BCUT2D eigenvalue weighted by molar-refractivity contribution is 0.336. The van der Waals surface area contributed by atoms with Crippen LogP contribution < -0.4 is 11.3 Å². The molecule has 3 atom stereocenters. The van der Waals surface area contributed by atoms with Crippen LogP contribution in [0.1, 0.15) is 42.4 Å². The minimum atomic E-state index is 0.479. The number of hydrogen-bond donors (Lipinski definition) is 2. The van der Waals surface area contributed by atoms with Crippen LogP contribution in [0.25, 0.3) is 0 Å². The molecule has 0 saturated heterocycles. The first kappa shape index (κ1) is 11.9. The average Bonchev–Trinajstić information content (AvgIpc) is 2.88. The Kier molecular flexibility index (Phi) is 2.89. The van der Waals surface area contributed by atoms with E-state index in [2.05, 4.69) is 23.6 Å². The van der Waals surface area contributed by atoms with Crippen LogP contribution in [0.5, 0.6) is 0 Å². The first-order valence-electron chi connectivity index (χ1n) is 7.90. The van der Waals surface area contributed by atoms with Gasteiger partial charge in [0.1, 0.15) is 0 Å². The summed E-state index contributed by atoms with van der Waals surface area (Å²) in [6, 6.07) is 7.58. The van der Waals surface area contributed by atoms with Crippen molar-refractivity contribution in [1.82, 2.24) is 5.43 Å². The lowest BCUT2D eigenvalue weighted by Gasteiger charge is -2.24. The maximum Gasteiger partial charge on any atom is 0.0279 e. The van der Waals surface area contributed by atoms with Crippen LogP contribution in [-0.2, 0) is 19.3 Å². The van der Waals surface area contributed by atoms with Crippen LogP contribution in [0.15, 0.2) is 18.2 Å². The molecular formula is C17H24N2. The first-order chi connectivity index (χ1) is 9.33. The Labute approximate surface area is 115 Å². The van der Waals surface area contributed by atoms with Gasteiger partial charge in [0.15, 0.2) is 0 Å². The molecule has 1 aromatic rings. The Morgan fingerprint density at radius 1 is 1.11 bits per heavy atom. The lowest BCUT2D eigenvalue weighted by Crippen LogP contribution is -2.42. The maximum absolute atomic E-state index is 5.82. The van der Waals surface area contributed by atoms with Crippen molar-refractivity contribution in [3.05, 3.63) is 34.9 Å². The molecule has 0 aromatic heterocycles. The van der Waals surface area contributed by atoms with E-state index in [1.54, 1.807) is 11.1 Å². The minimum absolute atomic E-state index is 0.479. The van der Waals surface area contributed by atoms with Gasteiger partial charge in [-0.2, -0.15) is 0 Å². The third kappa shape index (κ3) is 2.21. The summed E-state index contributed by atoms with van der Waals surface area (Å²) < 4.78 is 0. The number of nitrogens with one attached hydrogen (secondary N) is 1. The average molecular weight is 256 g/mol. The smallest absolute Gasteiger partial charge is 0.0279 e. The maximum atomic E-state index is 5.82. The van der Waals surface area contributed by atoms with E-state index in [4.69, 9.17) is 5.84 Å². The molecule has 102 valence electrons. The monoisotopic (exact) mass is 256 g/mol. The summed E-state index contributed by atoms with van der Waals surface area (Å²) in [5.74, 6) is 8.72. The molecule has 3 aliphatic rings. The highest BCUT2D eigenvalue weighted by atomic mass is 15.2. The van der Waals surface area contributed by atoms with E-state index in [1.165, 1.54) is 44.1 Å². The fourth-order valence-corrected chi connectivity index (χ4v) is 4.46. The largest absolute Gasteiger partial charge is 0.271 e. The van der Waals surface area contributed by atoms with Crippen molar-refractivity contribution < 1.29 is 0 Å². The SMILES string of the molecule is NNC(Cc1ccc2c(c1)CCC2)C1CC2CC2C1. The molecular weight excluding hydrogens is 232 g/mol. The molecule has 0 aliphatic heterocycles. The zero-order valence-corrected chi connectivity index (χ0v) is 11.6. The van der Waals surface area contributed by atoms with Crippen LogP contribution in [0.2, 0.25) is 0 Å². The van der Waals surface area contributed by atoms with Gasteiger partial charge in [-0.15, -0.1) is 0 Å². The molecule has 2 fully saturated rings. The normalized spacial score (nSPS) is 33.0. The van der Waals surface area contributed by atoms with Crippen LogP contribution in [0, 0.1) is 17.8 Å². The summed E-state index contributed by atoms with van der Waals surface area (Å²) in [7, 11) is 0. The van der Waals surface area contributed by atoms with Gasteiger partial charge < -0.3 is 0 Å². The second-order valence-corrected chi connectivity index (χ2v) is 6.92. The second-order valence-electron chi connectivity index (χ2n) is 6.92. The van der Waals surface area contributed by atoms with Crippen molar-refractivity contribution in [2.45, 2.75) is 51.0 Å². The van der Waals surface area contributed by atoms with Gasteiger partial charge >= 0.3 is 0 Å². The second kappa shape index (κ2) is 4.60. The van der Waals surface area contributed by atoms with Crippen molar-refractivity contribution in [3.8, 4) is 0 Å². The number of hydrogen-bond acceptors (Lipinski definition) is 2. The predicted molar refractivity (Wildman–Crippen MR) is 77.6 cm³/mol. The number of aryl methyl sites for hydroxylation is 2. The zero-order valence-electron chi connectivity index (χ0n) is 11.6. The van der Waals surface area contributed by atoms with Crippen molar-refractivity contribution in [3.63, 3.8) is 0 Å². The number of hydrazine groups is 1. The third-order valence-corrected chi connectivity index (χ3v) is 5.68. The molecule has 3 N–H and O–H groups in total. The molecule has 19 heavy (non-hydrogen) atoms. The molecule has 1 aromatic carbocycles. The van der Waals surface area contributed by atoms with Gasteiger partial charge in [0.2, 0.25) is 0 Å². The Hall–Kier alpha value is -0.860. The zero-order chi connectivity index (χ0) is 12.8. The molecule has 0 heterocycles. The molecule has 4 rings (SSSR count). The highest BCUT2D eigenvalue weighted by molar-refractivity contribution is 5.35. The summed E-state index contributed by atoms with van der Waals surface area (Å²) in [6.45, 7) is 0. The third-order valence-electron chi connectivity index (χ3n) is 5.68. The summed E-state index contributed by atoms with van der Waals surface area (Å²) >= 11 is 0. The number of nitrogens with two attached hydrogens (primary N) is 1. The van der Waals surface area contributed by atoms with Gasteiger partial charge in [0.05, 0.1) is 0 Å². The van der Waals surface area contributed by atoms with Crippen molar-refractivity contribution in [2.75, 3.05) is 0 Å². The number of rotatable bonds is 4. The minimum Gasteiger partial charge on any atom is -0.271 e. The van der Waals surface area contributed by atoms with Crippen LogP contribution in [0.3, 0.4) is 0 Å². The molecule has 0 spiro atoms. The summed E-state index contributed by atoms with van der Waals surface area (Å²) in [5, 5.41) is 0. The molecule has 0 radical (unpaired) electrons. The Morgan fingerprint density at radius 2 is 1.89 bits per heavy atom. The van der Waals surface area contributed by atoms with Crippen LogP contribution >= 0.6 is 0 Å². The van der Waals surface area contributed by atoms with Gasteiger partial charge in [0.25, 0.3) is 0 Å². The topological polar surface area (TPSA) is 38.0 Å². The summed E-state index contributed by atoms with van der Waals surface area (Å²) in [6.07, 6.45) is 9.30. The van der Waals surface area contributed by atoms with E-state index in [-0.39, 0.29) is 0 Å². The molecule has 0 bridgehead atoms. The summed E-state index contributed by atoms with van der Waals surface area (Å²) in [4.78, 5) is 0. The van der Waals surface area contributed by atoms with E-state index >= 15 is 0 Å². The Balaban J connectivity index is 1.46. The van der Waals surface area contributed by atoms with E-state index < -0.39 is 0 Å². The molecule has 3 unspecified atom stereocenters. The number of fused-ring (bicyclic) bond motifs is 2. The predicted octanol–water partition coefficient (Wildman–Crippen LogP) is 2.60. The standard InChI is InChI=1S/C17H24N2/c18-19-17(16-9-14-8-15(14)10-16)7-11-4-5-12-2-1-3-13(12)6-11/h4-6,14-17,19H,1-3,7-10,18H2. The van der Waals surface area contributed by atoms with E-state index in [0.29, 0.717) is 6.04 Å². The molecule has 2 heteroatoms. The van der Waals surface area contributed by atoms with Crippen molar-refractivity contribution in [2.24, 2.45) is 23.6 Å². The molecule has 0 amide bonds. The van der Waals surface area contributed by atoms with E-state index in [9.17, 15) is 0 Å². The number of benzene rings is 1. The van der Waals surface area contributed by atoms with E-state index in [1.807, 2.05) is 0 Å². The molecule has 2 nitrogen and oxygen atoms in total. The quantitative estimate of drug-likeness (QED) is 0.642. The van der Waals surface area contributed by atoms with Gasteiger partial charge in [-0.05, 0) is 79.4 Å². The Morgan fingerprint density at radius 3 is 2.68 bits per heavy atom. The molecule has 2 saturated carbocycles.